The Balaban J connectivity index is 0.000000671. The highest BCUT2D eigenvalue weighted by atomic mass is 15.1. The molecule has 1 atom stereocenters. The van der Waals surface area contributed by atoms with Gasteiger partial charge in [0.05, 0.1) is 0 Å². The van der Waals surface area contributed by atoms with Crippen LogP contribution in [0.3, 0.4) is 0 Å². The molecule has 1 saturated carbocycles. The van der Waals surface area contributed by atoms with E-state index in [1.54, 1.807) is 0 Å². The van der Waals surface area contributed by atoms with Gasteiger partial charge in [0, 0.05) is 12.6 Å². The van der Waals surface area contributed by atoms with E-state index in [4.69, 9.17) is 0 Å². The Morgan fingerprint density at radius 3 is 2.15 bits per heavy atom. The molecule has 0 bridgehead atoms. The summed E-state index contributed by atoms with van der Waals surface area (Å²) >= 11 is 0. The Morgan fingerprint density at radius 1 is 1.31 bits per heavy atom. The van der Waals surface area contributed by atoms with Crippen LogP contribution in [0.25, 0.3) is 0 Å². The summed E-state index contributed by atoms with van der Waals surface area (Å²) in [4.78, 5) is 2.54. The molecule has 1 aliphatic carbocycles. The van der Waals surface area contributed by atoms with E-state index >= 15 is 0 Å². The predicted molar refractivity (Wildman–Crippen MR) is 61.1 cm³/mol. The molecule has 0 amide bonds. The molecule has 0 saturated heterocycles. The van der Waals surface area contributed by atoms with Crippen molar-refractivity contribution >= 4 is 0 Å². The largest absolute Gasteiger partial charge is 0.303 e. The lowest BCUT2D eigenvalue weighted by Crippen LogP contribution is -2.39. The van der Waals surface area contributed by atoms with Crippen LogP contribution in [0.2, 0.25) is 0 Å². The van der Waals surface area contributed by atoms with Crippen LogP contribution < -0.4 is 0 Å². The number of hydrogen-bond acceptors (Lipinski definition) is 1. The molecule has 1 rings (SSSR count). The van der Waals surface area contributed by atoms with Crippen LogP contribution in [0.4, 0.5) is 0 Å². The zero-order chi connectivity index (χ0) is 10.3. The lowest BCUT2D eigenvalue weighted by Gasteiger charge is -2.36. The fraction of sp³-hybridized carbons (Fsp3) is 1.00. The second-order valence-corrected chi connectivity index (χ2v) is 4.04. The van der Waals surface area contributed by atoms with Crippen LogP contribution in [0.5, 0.6) is 0 Å². The van der Waals surface area contributed by atoms with E-state index < -0.39 is 0 Å². The third-order valence-corrected chi connectivity index (χ3v) is 2.99. The van der Waals surface area contributed by atoms with Gasteiger partial charge >= 0.3 is 0 Å². The van der Waals surface area contributed by atoms with E-state index in [9.17, 15) is 0 Å². The Kier molecular flexibility index (Phi) is 7.35. The lowest BCUT2D eigenvalue weighted by atomic mass is 9.91. The smallest absolute Gasteiger partial charge is 0.00923 e. The van der Waals surface area contributed by atoms with Crippen LogP contribution in [-0.2, 0) is 0 Å². The van der Waals surface area contributed by atoms with Gasteiger partial charge in [-0.3, -0.25) is 0 Å². The Bertz CT molecular complexity index is 108. The van der Waals surface area contributed by atoms with E-state index in [-0.39, 0.29) is 0 Å². The summed E-state index contributed by atoms with van der Waals surface area (Å²) < 4.78 is 0. The standard InChI is InChI=1S/C10H21N.C2H6/c1-4-9(2)8-11(3)10-6-5-7-10;1-2/h9-10H,4-8H2,1-3H3;1-2H3. The van der Waals surface area contributed by atoms with Crippen molar-refractivity contribution < 1.29 is 0 Å². The van der Waals surface area contributed by atoms with Crippen molar-refractivity contribution in [2.45, 2.75) is 59.4 Å². The topological polar surface area (TPSA) is 3.24 Å². The SMILES string of the molecule is CC.CCC(C)CN(C)C1CCC1. The molecule has 0 spiro atoms. The van der Waals surface area contributed by atoms with Gasteiger partial charge in [0.25, 0.3) is 0 Å². The average Bonchev–Trinajstić information content (AvgIpc) is 2.04. The van der Waals surface area contributed by atoms with Gasteiger partial charge in [-0.05, 0) is 25.8 Å². The highest BCUT2D eigenvalue weighted by Crippen LogP contribution is 2.24. The van der Waals surface area contributed by atoms with Gasteiger partial charge < -0.3 is 4.90 Å². The molecule has 0 aromatic rings. The van der Waals surface area contributed by atoms with Crippen LogP contribution in [-0.4, -0.2) is 24.5 Å². The first-order chi connectivity index (χ1) is 6.24. The highest BCUT2D eigenvalue weighted by molar-refractivity contribution is 4.78. The molecule has 0 aliphatic heterocycles. The summed E-state index contributed by atoms with van der Waals surface area (Å²) in [6, 6.07) is 0.920. The maximum atomic E-state index is 2.54. The second kappa shape index (κ2) is 7.37. The number of hydrogen-bond donors (Lipinski definition) is 0. The second-order valence-electron chi connectivity index (χ2n) is 4.04. The minimum Gasteiger partial charge on any atom is -0.303 e. The first-order valence-electron chi connectivity index (χ1n) is 5.94. The van der Waals surface area contributed by atoms with E-state index in [0.29, 0.717) is 0 Å². The summed E-state index contributed by atoms with van der Waals surface area (Å²) in [6.45, 7) is 9.91. The van der Waals surface area contributed by atoms with Crippen molar-refractivity contribution in [3.05, 3.63) is 0 Å². The lowest BCUT2D eigenvalue weighted by molar-refractivity contribution is 0.140. The molecule has 0 aromatic carbocycles. The van der Waals surface area contributed by atoms with Crippen molar-refractivity contribution in [1.82, 2.24) is 4.90 Å². The fourth-order valence-corrected chi connectivity index (χ4v) is 1.60. The third-order valence-electron chi connectivity index (χ3n) is 2.99. The molecule has 0 N–H and O–H groups in total. The van der Waals surface area contributed by atoms with Crippen LogP contribution in [0.15, 0.2) is 0 Å². The van der Waals surface area contributed by atoms with Gasteiger partial charge in [-0.1, -0.05) is 40.5 Å². The molecule has 0 heterocycles. The molecular formula is C12H27N. The van der Waals surface area contributed by atoms with Gasteiger partial charge in [-0.25, -0.2) is 0 Å². The van der Waals surface area contributed by atoms with E-state index in [0.717, 1.165) is 12.0 Å². The van der Waals surface area contributed by atoms with E-state index in [1.165, 1.54) is 32.2 Å². The van der Waals surface area contributed by atoms with Crippen LogP contribution in [0, 0.1) is 5.92 Å². The minimum atomic E-state index is 0.876. The van der Waals surface area contributed by atoms with Crippen molar-refractivity contribution in [3.63, 3.8) is 0 Å². The molecule has 1 aliphatic rings. The van der Waals surface area contributed by atoms with Crippen LogP contribution >= 0.6 is 0 Å². The Hall–Kier alpha value is -0.0400. The fourth-order valence-electron chi connectivity index (χ4n) is 1.60. The Labute approximate surface area is 84.5 Å². The summed E-state index contributed by atoms with van der Waals surface area (Å²) in [5.41, 5.74) is 0. The molecule has 0 radical (unpaired) electrons. The molecule has 0 aromatic heterocycles. The zero-order valence-electron chi connectivity index (χ0n) is 10.1. The maximum absolute atomic E-state index is 2.54. The van der Waals surface area contributed by atoms with Gasteiger partial charge in [-0.2, -0.15) is 0 Å². The van der Waals surface area contributed by atoms with Crippen molar-refractivity contribution in [3.8, 4) is 0 Å². The quantitative estimate of drug-likeness (QED) is 0.647. The van der Waals surface area contributed by atoms with Gasteiger partial charge in [0.1, 0.15) is 0 Å². The van der Waals surface area contributed by atoms with Crippen molar-refractivity contribution in [1.29, 1.82) is 0 Å². The van der Waals surface area contributed by atoms with E-state index in [1.807, 2.05) is 13.8 Å². The van der Waals surface area contributed by atoms with Gasteiger partial charge in [-0.15, -0.1) is 0 Å². The number of rotatable bonds is 4. The van der Waals surface area contributed by atoms with Crippen LogP contribution in [0.1, 0.15) is 53.4 Å². The van der Waals surface area contributed by atoms with E-state index in [2.05, 4.69) is 25.8 Å². The molecule has 1 heteroatoms. The molecule has 80 valence electrons. The maximum Gasteiger partial charge on any atom is 0.00923 e. The predicted octanol–water partition coefficient (Wildman–Crippen LogP) is 3.54. The zero-order valence-corrected chi connectivity index (χ0v) is 10.1. The minimum absolute atomic E-state index is 0.876. The summed E-state index contributed by atoms with van der Waals surface area (Å²) in [7, 11) is 2.27. The third kappa shape index (κ3) is 4.66. The normalized spacial score (nSPS) is 18.9. The molecule has 1 unspecified atom stereocenters. The first kappa shape index (κ1) is 13.0. The molecular weight excluding hydrogens is 158 g/mol. The molecule has 13 heavy (non-hydrogen) atoms. The van der Waals surface area contributed by atoms with Gasteiger partial charge in [0.2, 0.25) is 0 Å². The highest BCUT2D eigenvalue weighted by Gasteiger charge is 2.22. The Morgan fingerprint density at radius 2 is 1.85 bits per heavy atom. The molecule has 1 fully saturated rings. The van der Waals surface area contributed by atoms with Crippen molar-refractivity contribution in [2.24, 2.45) is 5.92 Å². The van der Waals surface area contributed by atoms with Crippen molar-refractivity contribution in [2.75, 3.05) is 13.6 Å². The monoisotopic (exact) mass is 185 g/mol. The summed E-state index contributed by atoms with van der Waals surface area (Å²) in [5.74, 6) is 0.876. The van der Waals surface area contributed by atoms with Gasteiger partial charge in [0.15, 0.2) is 0 Å². The first-order valence-corrected chi connectivity index (χ1v) is 5.94. The average molecular weight is 185 g/mol. The summed E-state index contributed by atoms with van der Waals surface area (Å²) in [5, 5.41) is 0. The molecule has 1 nitrogen and oxygen atoms in total. The number of nitrogens with zero attached hydrogens (tertiary/aromatic N) is 1. The summed E-state index contributed by atoms with van der Waals surface area (Å²) in [6.07, 6.45) is 5.65.